The van der Waals surface area contributed by atoms with Crippen LogP contribution in [0, 0.1) is 18.3 Å². The van der Waals surface area contributed by atoms with Crippen molar-refractivity contribution in [2.24, 2.45) is 0 Å². The van der Waals surface area contributed by atoms with E-state index in [-0.39, 0.29) is 25.0 Å². The van der Waals surface area contributed by atoms with Crippen molar-refractivity contribution in [2.45, 2.75) is 24.6 Å². The predicted octanol–water partition coefficient (Wildman–Crippen LogP) is 0.674. The van der Waals surface area contributed by atoms with Crippen molar-refractivity contribution in [2.75, 3.05) is 32.6 Å². The number of morpholine rings is 1. The van der Waals surface area contributed by atoms with Crippen LogP contribution in [0.4, 0.5) is 0 Å². The Bertz CT molecular complexity index is 817. The van der Waals surface area contributed by atoms with Crippen molar-refractivity contribution in [1.82, 2.24) is 24.5 Å². The summed E-state index contributed by atoms with van der Waals surface area (Å²) in [4.78, 5) is 22.1. The van der Waals surface area contributed by atoms with Crippen molar-refractivity contribution < 1.29 is 14.3 Å². The number of amides is 1. The van der Waals surface area contributed by atoms with E-state index in [9.17, 15) is 4.79 Å². The van der Waals surface area contributed by atoms with E-state index in [1.54, 1.807) is 15.5 Å². The van der Waals surface area contributed by atoms with E-state index in [2.05, 4.69) is 15.1 Å². The van der Waals surface area contributed by atoms with E-state index in [1.165, 1.54) is 11.8 Å². The summed E-state index contributed by atoms with van der Waals surface area (Å²) in [6.07, 6.45) is 1.52. The van der Waals surface area contributed by atoms with E-state index in [0.29, 0.717) is 36.5 Å². The summed E-state index contributed by atoms with van der Waals surface area (Å²) in [7, 11) is 0. The number of thioether (sulfide) groups is 1. The molecule has 3 heterocycles. The molecule has 0 bridgehead atoms. The Hall–Kier alpha value is -2.38. The topological polar surface area (TPSA) is 106 Å². The van der Waals surface area contributed by atoms with Crippen LogP contribution >= 0.6 is 11.8 Å². The number of nitriles is 1. The van der Waals surface area contributed by atoms with Gasteiger partial charge in [-0.05, 0) is 13.2 Å². The lowest BCUT2D eigenvalue weighted by Gasteiger charge is -2.32. The van der Waals surface area contributed by atoms with Gasteiger partial charge in [-0.2, -0.15) is 14.8 Å². The van der Waals surface area contributed by atoms with Gasteiger partial charge in [-0.1, -0.05) is 11.8 Å². The molecule has 0 spiro atoms. The summed E-state index contributed by atoms with van der Waals surface area (Å²) in [6, 6.07) is 3.67. The summed E-state index contributed by atoms with van der Waals surface area (Å²) in [5.74, 6) is 0.827. The van der Waals surface area contributed by atoms with Gasteiger partial charge in [0.05, 0.1) is 19.2 Å². The van der Waals surface area contributed by atoms with Crippen LogP contribution in [-0.2, 0) is 9.53 Å². The van der Waals surface area contributed by atoms with Gasteiger partial charge in [0.25, 0.3) is 5.78 Å². The average Bonchev–Trinajstić information content (AvgIpc) is 3.03. The molecule has 1 amide bonds. The molecule has 0 saturated carbocycles. The van der Waals surface area contributed by atoms with Gasteiger partial charge in [0.2, 0.25) is 16.9 Å². The third-order valence-corrected chi connectivity index (χ3v) is 4.25. The number of hydrogen-bond acceptors (Lipinski definition) is 8. The molecule has 0 radical (unpaired) electrons. The number of aryl methyl sites for hydroxylation is 1. The van der Waals surface area contributed by atoms with Crippen molar-refractivity contribution in [1.29, 1.82) is 5.26 Å². The highest BCUT2D eigenvalue weighted by Crippen LogP contribution is 2.18. The quantitative estimate of drug-likeness (QED) is 0.715. The first kappa shape index (κ1) is 17.4. The molecule has 3 rings (SSSR count). The number of rotatable bonds is 5. The van der Waals surface area contributed by atoms with Gasteiger partial charge in [-0.25, -0.2) is 4.98 Å². The Kier molecular flexibility index (Phi) is 5.35. The lowest BCUT2D eigenvalue weighted by atomic mass is 10.2. The zero-order chi connectivity index (χ0) is 17.8. The molecule has 1 aliphatic rings. The Balaban J connectivity index is 1.69. The highest BCUT2D eigenvalue weighted by atomic mass is 32.2. The molecular formula is C15H18N6O3S. The Morgan fingerprint density at radius 2 is 2.40 bits per heavy atom. The van der Waals surface area contributed by atoms with E-state index < -0.39 is 0 Å². The van der Waals surface area contributed by atoms with Gasteiger partial charge >= 0.3 is 0 Å². The van der Waals surface area contributed by atoms with E-state index in [0.717, 1.165) is 5.69 Å². The van der Waals surface area contributed by atoms with Crippen LogP contribution in [0.1, 0.15) is 12.1 Å². The molecule has 9 nitrogen and oxygen atoms in total. The zero-order valence-corrected chi connectivity index (χ0v) is 14.8. The molecule has 10 heteroatoms. The molecule has 1 unspecified atom stereocenters. The first-order chi connectivity index (χ1) is 12.1. The number of hydrogen-bond donors (Lipinski definition) is 0. The van der Waals surface area contributed by atoms with Crippen molar-refractivity contribution in [3.8, 4) is 11.9 Å². The second-order valence-electron chi connectivity index (χ2n) is 5.52. The monoisotopic (exact) mass is 362 g/mol. The maximum atomic E-state index is 11.8. The standard InChI is InChI=1S/C15H18N6O3S/c1-10-7-13(21-14(17-10)18-15(19-21)25-2)24-9-11-8-20(5-6-23-11)12(22)3-4-16/h7,11H,3,5-6,8-9H2,1-2H3. The minimum absolute atomic E-state index is 0.117. The molecule has 2 aromatic heterocycles. The highest BCUT2D eigenvalue weighted by Gasteiger charge is 2.25. The second kappa shape index (κ2) is 7.67. The number of carbonyl (C=O) groups is 1. The van der Waals surface area contributed by atoms with Gasteiger partial charge in [0, 0.05) is 18.3 Å². The maximum Gasteiger partial charge on any atom is 0.256 e. The van der Waals surface area contributed by atoms with Crippen LogP contribution in [0.5, 0.6) is 5.88 Å². The van der Waals surface area contributed by atoms with Gasteiger partial charge in [-0.15, -0.1) is 5.10 Å². The normalized spacial score (nSPS) is 17.5. The van der Waals surface area contributed by atoms with Crippen LogP contribution in [0.3, 0.4) is 0 Å². The summed E-state index contributed by atoms with van der Waals surface area (Å²) < 4.78 is 13.1. The molecule has 132 valence electrons. The molecular weight excluding hydrogens is 344 g/mol. The second-order valence-corrected chi connectivity index (χ2v) is 6.30. The number of fused-ring (bicyclic) bond motifs is 1. The lowest BCUT2D eigenvalue weighted by molar-refractivity contribution is -0.138. The summed E-state index contributed by atoms with van der Waals surface area (Å²) >= 11 is 1.43. The van der Waals surface area contributed by atoms with Crippen LogP contribution in [0.15, 0.2) is 11.2 Å². The molecule has 1 atom stereocenters. The van der Waals surface area contributed by atoms with Gasteiger partial charge < -0.3 is 14.4 Å². The molecule has 1 fully saturated rings. The minimum atomic E-state index is -0.261. The largest absolute Gasteiger partial charge is 0.475 e. The minimum Gasteiger partial charge on any atom is -0.475 e. The number of carbonyl (C=O) groups excluding carboxylic acids is 1. The van der Waals surface area contributed by atoms with Crippen LogP contribution in [0.2, 0.25) is 0 Å². The SMILES string of the molecule is CSc1nc2nc(C)cc(OCC3CN(C(=O)CC#N)CCO3)n2n1. The fourth-order valence-electron chi connectivity index (χ4n) is 2.53. The fourth-order valence-corrected chi connectivity index (χ4v) is 2.87. The molecule has 1 aliphatic heterocycles. The Morgan fingerprint density at radius 3 is 3.16 bits per heavy atom. The third-order valence-electron chi connectivity index (χ3n) is 3.71. The Labute approximate surface area is 148 Å². The zero-order valence-electron chi connectivity index (χ0n) is 14.0. The van der Waals surface area contributed by atoms with Gasteiger partial charge in [0.1, 0.15) is 19.1 Å². The summed E-state index contributed by atoms with van der Waals surface area (Å²) in [6.45, 7) is 3.45. The molecule has 0 aromatic carbocycles. The van der Waals surface area contributed by atoms with E-state index in [4.69, 9.17) is 14.7 Å². The molecule has 0 aliphatic carbocycles. The summed E-state index contributed by atoms with van der Waals surface area (Å²) in [5.41, 5.74) is 0.776. The smallest absolute Gasteiger partial charge is 0.256 e. The third kappa shape index (κ3) is 4.00. The summed E-state index contributed by atoms with van der Waals surface area (Å²) in [5, 5.41) is 13.6. The van der Waals surface area contributed by atoms with Crippen LogP contribution < -0.4 is 4.74 Å². The Morgan fingerprint density at radius 1 is 1.56 bits per heavy atom. The fraction of sp³-hybridized carbons (Fsp3) is 0.533. The van der Waals surface area contributed by atoms with E-state index in [1.807, 2.05) is 19.2 Å². The van der Waals surface area contributed by atoms with Crippen molar-refractivity contribution in [3.63, 3.8) is 0 Å². The van der Waals surface area contributed by atoms with Gasteiger partial charge in [-0.3, -0.25) is 4.79 Å². The highest BCUT2D eigenvalue weighted by molar-refractivity contribution is 7.98. The molecule has 25 heavy (non-hydrogen) atoms. The lowest BCUT2D eigenvalue weighted by Crippen LogP contribution is -2.47. The maximum absolute atomic E-state index is 11.8. The first-order valence-electron chi connectivity index (χ1n) is 7.78. The molecule has 1 saturated heterocycles. The number of nitrogens with zero attached hydrogens (tertiary/aromatic N) is 6. The van der Waals surface area contributed by atoms with Crippen molar-refractivity contribution >= 4 is 23.4 Å². The molecule has 0 N–H and O–H groups in total. The average molecular weight is 362 g/mol. The van der Waals surface area contributed by atoms with E-state index >= 15 is 0 Å². The van der Waals surface area contributed by atoms with Crippen LogP contribution in [0.25, 0.3) is 5.78 Å². The first-order valence-corrected chi connectivity index (χ1v) is 9.00. The molecule has 2 aromatic rings. The van der Waals surface area contributed by atoms with Gasteiger partial charge in [0.15, 0.2) is 0 Å². The predicted molar refractivity (Wildman–Crippen MR) is 89.3 cm³/mol. The number of aromatic nitrogens is 4. The van der Waals surface area contributed by atoms with Crippen LogP contribution in [-0.4, -0.2) is 69.1 Å². The number of ether oxygens (including phenoxy) is 2. The van der Waals surface area contributed by atoms with Crippen molar-refractivity contribution in [3.05, 3.63) is 11.8 Å².